The summed E-state index contributed by atoms with van der Waals surface area (Å²) in [6.07, 6.45) is 5.47. The average molecular weight is 369 g/mol. The van der Waals surface area contributed by atoms with Crippen LogP contribution in [0.1, 0.15) is 18.7 Å². The van der Waals surface area contributed by atoms with Crippen molar-refractivity contribution in [2.75, 3.05) is 11.1 Å². The summed E-state index contributed by atoms with van der Waals surface area (Å²) in [6, 6.07) is 7.77. The molecule has 1 aliphatic heterocycles. The van der Waals surface area contributed by atoms with Crippen LogP contribution in [0.5, 0.6) is 0 Å². The van der Waals surface area contributed by atoms with Gasteiger partial charge in [0, 0.05) is 31.8 Å². The smallest absolute Gasteiger partial charge is 0.234 e. The standard InChI is InChI=1S/C17H19N7OS/c1-23-17(20-21-22-23)26-11-16(25)19-13-7-3-2-6-12(13)14-10-24-9-5-4-8-15(24)18-14/h2-3,6-7,10H,4-5,8-9,11H2,1H3,(H,19,25). The number of fused-ring (bicyclic) bond motifs is 1. The van der Waals surface area contributed by atoms with Gasteiger partial charge in [-0.05, 0) is 29.3 Å². The number of thioether (sulfide) groups is 1. The first-order chi connectivity index (χ1) is 12.7. The predicted octanol–water partition coefficient (Wildman–Crippen LogP) is 2.14. The lowest BCUT2D eigenvalue weighted by atomic mass is 10.1. The van der Waals surface area contributed by atoms with Gasteiger partial charge < -0.3 is 9.88 Å². The van der Waals surface area contributed by atoms with Crippen molar-refractivity contribution in [1.29, 1.82) is 0 Å². The Labute approximate surface area is 155 Å². The van der Waals surface area contributed by atoms with Gasteiger partial charge in [0.05, 0.1) is 17.1 Å². The minimum atomic E-state index is -0.102. The van der Waals surface area contributed by atoms with Crippen LogP contribution in [-0.2, 0) is 24.8 Å². The molecule has 3 heterocycles. The van der Waals surface area contributed by atoms with E-state index in [1.807, 2.05) is 24.3 Å². The van der Waals surface area contributed by atoms with E-state index in [-0.39, 0.29) is 11.7 Å². The van der Waals surface area contributed by atoms with Gasteiger partial charge in [-0.1, -0.05) is 30.0 Å². The molecule has 134 valence electrons. The van der Waals surface area contributed by atoms with Crippen LogP contribution in [0.25, 0.3) is 11.3 Å². The fourth-order valence-electron chi connectivity index (χ4n) is 3.02. The summed E-state index contributed by atoms with van der Waals surface area (Å²) in [4.78, 5) is 17.1. The molecule has 0 unspecified atom stereocenters. The van der Waals surface area contributed by atoms with Gasteiger partial charge in [0.15, 0.2) is 0 Å². The number of nitrogens with zero attached hydrogens (tertiary/aromatic N) is 6. The number of carbonyl (C=O) groups is 1. The second-order valence-corrected chi connectivity index (χ2v) is 7.10. The number of carbonyl (C=O) groups excluding carboxylic acids is 1. The van der Waals surface area contributed by atoms with Gasteiger partial charge >= 0.3 is 0 Å². The molecule has 9 heteroatoms. The maximum Gasteiger partial charge on any atom is 0.234 e. The predicted molar refractivity (Wildman–Crippen MR) is 98.8 cm³/mol. The van der Waals surface area contributed by atoms with Crippen LogP contribution in [0, 0.1) is 0 Å². The van der Waals surface area contributed by atoms with E-state index >= 15 is 0 Å². The van der Waals surface area contributed by atoms with Crippen molar-refractivity contribution >= 4 is 23.4 Å². The van der Waals surface area contributed by atoms with Gasteiger partial charge in [0.2, 0.25) is 11.1 Å². The van der Waals surface area contributed by atoms with Crippen molar-refractivity contribution in [3.8, 4) is 11.3 Å². The van der Waals surface area contributed by atoms with Gasteiger partial charge in [-0.3, -0.25) is 4.79 Å². The van der Waals surface area contributed by atoms with Crippen LogP contribution in [0.4, 0.5) is 5.69 Å². The normalized spacial score (nSPS) is 13.4. The third-order valence-electron chi connectivity index (χ3n) is 4.30. The minimum Gasteiger partial charge on any atom is -0.334 e. The summed E-state index contributed by atoms with van der Waals surface area (Å²) < 4.78 is 3.76. The third-order valence-corrected chi connectivity index (χ3v) is 5.31. The van der Waals surface area contributed by atoms with Gasteiger partial charge in [0.25, 0.3) is 0 Å². The Morgan fingerprint density at radius 2 is 2.19 bits per heavy atom. The Morgan fingerprint density at radius 3 is 3.00 bits per heavy atom. The Kier molecular flexibility index (Phi) is 4.70. The summed E-state index contributed by atoms with van der Waals surface area (Å²) in [5.41, 5.74) is 2.61. The minimum absolute atomic E-state index is 0.102. The van der Waals surface area contributed by atoms with Crippen LogP contribution in [0.2, 0.25) is 0 Å². The SMILES string of the molecule is Cn1nnnc1SCC(=O)Nc1ccccc1-c1cn2c(n1)CCCC2. The van der Waals surface area contributed by atoms with E-state index in [4.69, 9.17) is 4.98 Å². The zero-order chi connectivity index (χ0) is 17.9. The van der Waals surface area contributed by atoms with E-state index in [1.165, 1.54) is 24.6 Å². The second kappa shape index (κ2) is 7.28. The number of hydrogen-bond acceptors (Lipinski definition) is 6. The molecule has 4 rings (SSSR count). The van der Waals surface area contributed by atoms with Crippen molar-refractivity contribution in [2.45, 2.75) is 31.0 Å². The lowest BCUT2D eigenvalue weighted by molar-refractivity contribution is -0.113. The Balaban J connectivity index is 1.49. The molecule has 0 aliphatic carbocycles. The summed E-state index contributed by atoms with van der Waals surface area (Å²) >= 11 is 1.30. The van der Waals surface area contributed by atoms with E-state index in [2.05, 4.69) is 31.6 Å². The highest BCUT2D eigenvalue weighted by Crippen LogP contribution is 2.29. The van der Waals surface area contributed by atoms with Crippen molar-refractivity contribution in [1.82, 2.24) is 29.8 Å². The quantitative estimate of drug-likeness (QED) is 0.693. The monoisotopic (exact) mass is 369 g/mol. The fraction of sp³-hybridized carbons (Fsp3) is 0.353. The number of aryl methyl sites for hydroxylation is 3. The molecule has 0 radical (unpaired) electrons. The first-order valence-electron chi connectivity index (χ1n) is 8.51. The number of para-hydroxylation sites is 1. The van der Waals surface area contributed by atoms with Gasteiger partial charge in [-0.25, -0.2) is 9.67 Å². The van der Waals surface area contributed by atoms with E-state index in [1.54, 1.807) is 11.7 Å². The number of benzene rings is 1. The number of amides is 1. The van der Waals surface area contributed by atoms with Crippen LogP contribution >= 0.6 is 11.8 Å². The largest absolute Gasteiger partial charge is 0.334 e. The lowest BCUT2D eigenvalue weighted by Crippen LogP contribution is -2.15. The average Bonchev–Trinajstić information content (AvgIpc) is 3.26. The molecule has 1 amide bonds. The topological polar surface area (TPSA) is 90.5 Å². The number of imidazole rings is 1. The number of aromatic nitrogens is 6. The second-order valence-electron chi connectivity index (χ2n) is 6.16. The van der Waals surface area contributed by atoms with E-state index < -0.39 is 0 Å². The molecule has 1 aromatic carbocycles. The molecule has 2 aromatic heterocycles. The van der Waals surface area contributed by atoms with Crippen molar-refractivity contribution in [3.05, 3.63) is 36.3 Å². The molecular formula is C17H19N7OS. The highest BCUT2D eigenvalue weighted by molar-refractivity contribution is 7.99. The maximum atomic E-state index is 12.4. The number of hydrogen-bond donors (Lipinski definition) is 1. The molecule has 8 nitrogen and oxygen atoms in total. The molecule has 3 aromatic rings. The first kappa shape index (κ1) is 16.8. The van der Waals surface area contributed by atoms with Crippen molar-refractivity contribution in [2.24, 2.45) is 7.05 Å². The molecule has 0 spiro atoms. The molecule has 1 aliphatic rings. The number of nitrogens with one attached hydrogen (secondary N) is 1. The Morgan fingerprint density at radius 1 is 1.31 bits per heavy atom. The molecule has 0 bridgehead atoms. The summed E-state index contributed by atoms with van der Waals surface area (Å²) in [7, 11) is 1.75. The van der Waals surface area contributed by atoms with E-state index in [0.717, 1.165) is 35.7 Å². The van der Waals surface area contributed by atoms with Crippen LogP contribution in [0.3, 0.4) is 0 Å². The summed E-state index contributed by atoms with van der Waals surface area (Å²) in [5.74, 6) is 1.26. The molecule has 0 fully saturated rings. The molecular weight excluding hydrogens is 350 g/mol. The molecule has 26 heavy (non-hydrogen) atoms. The van der Waals surface area contributed by atoms with Crippen LogP contribution in [0.15, 0.2) is 35.6 Å². The first-order valence-corrected chi connectivity index (χ1v) is 9.50. The summed E-state index contributed by atoms with van der Waals surface area (Å²) in [5, 5.41) is 14.8. The highest BCUT2D eigenvalue weighted by Gasteiger charge is 2.16. The van der Waals surface area contributed by atoms with Crippen molar-refractivity contribution < 1.29 is 4.79 Å². The Hall–Kier alpha value is -2.68. The maximum absolute atomic E-state index is 12.4. The van der Waals surface area contributed by atoms with Crippen LogP contribution in [-0.4, -0.2) is 41.4 Å². The number of anilines is 1. The zero-order valence-corrected chi connectivity index (χ0v) is 15.2. The van der Waals surface area contributed by atoms with Crippen molar-refractivity contribution in [3.63, 3.8) is 0 Å². The lowest BCUT2D eigenvalue weighted by Gasteiger charge is -2.11. The molecule has 0 saturated carbocycles. The van der Waals surface area contributed by atoms with E-state index in [0.29, 0.717) is 5.16 Å². The van der Waals surface area contributed by atoms with Gasteiger partial charge in [0.1, 0.15) is 5.82 Å². The molecule has 1 N–H and O–H groups in total. The molecule has 0 saturated heterocycles. The number of tetrazole rings is 1. The zero-order valence-electron chi connectivity index (χ0n) is 14.4. The fourth-order valence-corrected chi connectivity index (χ4v) is 3.67. The number of rotatable bonds is 5. The summed E-state index contributed by atoms with van der Waals surface area (Å²) in [6.45, 7) is 1.01. The highest BCUT2D eigenvalue weighted by atomic mass is 32.2. The van der Waals surface area contributed by atoms with E-state index in [9.17, 15) is 4.79 Å². The van der Waals surface area contributed by atoms with Gasteiger partial charge in [-0.15, -0.1) is 5.10 Å². The third kappa shape index (κ3) is 3.48. The van der Waals surface area contributed by atoms with Crippen LogP contribution < -0.4 is 5.32 Å². The van der Waals surface area contributed by atoms with Gasteiger partial charge in [-0.2, -0.15) is 0 Å². The molecule has 0 atom stereocenters. The Bertz CT molecular complexity index is 909.